The third-order valence-corrected chi connectivity index (χ3v) is 3.05. The summed E-state index contributed by atoms with van der Waals surface area (Å²) in [5.74, 6) is -3.15. The van der Waals surface area contributed by atoms with E-state index in [4.69, 9.17) is 11.6 Å². The molecule has 0 amide bonds. The fourth-order valence-electron chi connectivity index (χ4n) is 1.81. The standard InChI is InChI=1S/C14H10ClF4N/c1-7(8-2-9(16)4-10(17)3-8)20-14-12(15)5-11(18)6-13(14)19/h2-7,20H,1H3. The molecule has 1 unspecified atom stereocenters. The summed E-state index contributed by atoms with van der Waals surface area (Å²) < 4.78 is 52.8. The van der Waals surface area contributed by atoms with E-state index in [0.29, 0.717) is 6.07 Å². The van der Waals surface area contributed by atoms with Crippen molar-refractivity contribution in [3.8, 4) is 0 Å². The van der Waals surface area contributed by atoms with Gasteiger partial charge in [0.05, 0.1) is 10.7 Å². The Morgan fingerprint density at radius 3 is 2.00 bits per heavy atom. The lowest BCUT2D eigenvalue weighted by Gasteiger charge is -2.17. The van der Waals surface area contributed by atoms with Crippen LogP contribution in [-0.4, -0.2) is 0 Å². The van der Waals surface area contributed by atoms with Crippen LogP contribution in [-0.2, 0) is 0 Å². The van der Waals surface area contributed by atoms with Crippen molar-refractivity contribution in [2.24, 2.45) is 0 Å². The molecule has 0 aliphatic carbocycles. The maximum Gasteiger partial charge on any atom is 0.150 e. The summed E-state index contributed by atoms with van der Waals surface area (Å²) in [5.41, 5.74) is 0.160. The van der Waals surface area contributed by atoms with Gasteiger partial charge in [0.15, 0.2) is 5.82 Å². The topological polar surface area (TPSA) is 12.0 Å². The second-order valence-corrected chi connectivity index (χ2v) is 4.72. The lowest BCUT2D eigenvalue weighted by molar-refractivity contribution is 0.576. The van der Waals surface area contributed by atoms with E-state index in [-0.39, 0.29) is 16.3 Å². The number of hydrogen-bond donors (Lipinski definition) is 1. The van der Waals surface area contributed by atoms with E-state index in [0.717, 1.165) is 24.3 Å². The highest BCUT2D eigenvalue weighted by Crippen LogP contribution is 2.30. The summed E-state index contributed by atoms with van der Waals surface area (Å²) in [7, 11) is 0. The van der Waals surface area contributed by atoms with Crippen molar-refractivity contribution in [3.63, 3.8) is 0 Å². The van der Waals surface area contributed by atoms with Crippen molar-refractivity contribution in [1.29, 1.82) is 0 Å². The maximum atomic E-state index is 13.6. The van der Waals surface area contributed by atoms with Gasteiger partial charge in [-0.2, -0.15) is 0 Å². The molecule has 106 valence electrons. The summed E-state index contributed by atoms with van der Waals surface area (Å²) in [5, 5.41) is 2.52. The van der Waals surface area contributed by atoms with Gasteiger partial charge in [0.1, 0.15) is 17.5 Å². The quantitative estimate of drug-likeness (QED) is 0.781. The molecule has 0 aromatic heterocycles. The SMILES string of the molecule is CC(Nc1c(F)cc(F)cc1Cl)c1cc(F)cc(F)c1. The Kier molecular flexibility index (Phi) is 4.18. The number of anilines is 1. The Morgan fingerprint density at radius 2 is 1.45 bits per heavy atom. The molecule has 0 spiro atoms. The third-order valence-electron chi connectivity index (χ3n) is 2.75. The molecule has 0 saturated heterocycles. The predicted octanol–water partition coefficient (Wildman–Crippen LogP) is 5.07. The van der Waals surface area contributed by atoms with Crippen LogP contribution in [0.2, 0.25) is 5.02 Å². The summed E-state index contributed by atoms with van der Waals surface area (Å²) in [6, 6.07) is 3.99. The van der Waals surface area contributed by atoms with E-state index in [2.05, 4.69) is 5.32 Å². The molecule has 6 heteroatoms. The minimum Gasteiger partial charge on any atom is -0.375 e. The van der Waals surface area contributed by atoms with Gasteiger partial charge in [-0.05, 0) is 30.7 Å². The lowest BCUT2D eigenvalue weighted by atomic mass is 10.1. The van der Waals surface area contributed by atoms with Gasteiger partial charge >= 0.3 is 0 Å². The van der Waals surface area contributed by atoms with E-state index >= 15 is 0 Å². The molecule has 0 aliphatic heterocycles. The van der Waals surface area contributed by atoms with Gasteiger partial charge in [0.2, 0.25) is 0 Å². The van der Waals surface area contributed by atoms with Crippen molar-refractivity contribution in [2.45, 2.75) is 13.0 Å². The first kappa shape index (κ1) is 14.7. The van der Waals surface area contributed by atoms with Gasteiger partial charge in [0, 0.05) is 18.2 Å². The molecule has 0 heterocycles. The van der Waals surface area contributed by atoms with E-state index < -0.39 is 29.3 Å². The number of nitrogens with one attached hydrogen (secondary N) is 1. The van der Waals surface area contributed by atoms with Crippen LogP contribution in [0.25, 0.3) is 0 Å². The molecule has 0 radical (unpaired) electrons. The molecule has 0 aliphatic rings. The smallest absolute Gasteiger partial charge is 0.150 e. The van der Waals surface area contributed by atoms with E-state index in [1.807, 2.05) is 0 Å². The van der Waals surface area contributed by atoms with Gasteiger partial charge in [-0.15, -0.1) is 0 Å². The maximum absolute atomic E-state index is 13.6. The van der Waals surface area contributed by atoms with Crippen molar-refractivity contribution < 1.29 is 17.6 Å². The van der Waals surface area contributed by atoms with Gasteiger partial charge in [-0.1, -0.05) is 11.6 Å². The largest absolute Gasteiger partial charge is 0.375 e. The molecule has 0 fully saturated rings. The highest BCUT2D eigenvalue weighted by molar-refractivity contribution is 6.33. The molecular formula is C14H10ClF4N. The van der Waals surface area contributed by atoms with Crippen LogP contribution < -0.4 is 5.32 Å². The van der Waals surface area contributed by atoms with Gasteiger partial charge < -0.3 is 5.32 Å². The van der Waals surface area contributed by atoms with Crippen LogP contribution in [0.5, 0.6) is 0 Å². The minimum atomic E-state index is -0.876. The van der Waals surface area contributed by atoms with Crippen molar-refractivity contribution in [2.75, 3.05) is 5.32 Å². The molecular weight excluding hydrogens is 294 g/mol. The Balaban J connectivity index is 2.30. The van der Waals surface area contributed by atoms with Crippen LogP contribution in [0, 0.1) is 23.3 Å². The Bertz CT molecular complexity index is 602. The van der Waals surface area contributed by atoms with Gasteiger partial charge in [-0.3, -0.25) is 0 Å². The Labute approximate surface area is 118 Å². The zero-order valence-electron chi connectivity index (χ0n) is 10.4. The second-order valence-electron chi connectivity index (χ2n) is 4.31. The highest BCUT2D eigenvalue weighted by atomic mass is 35.5. The first-order chi connectivity index (χ1) is 9.36. The van der Waals surface area contributed by atoms with Crippen LogP contribution in [0.1, 0.15) is 18.5 Å². The number of halogens is 5. The van der Waals surface area contributed by atoms with Crippen molar-refractivity contribution in [1.82, 2.24) is 0 Å². The normalized spacial score (nSPS) is 12.3. The molecule has 2 aromatic carbocycles. The average molecular weight is 304 g/mol. The Morgan fingerprint density at radius 1 is 0.900 bits per heavy atom. The number of rotatable bonds is 3. The third kappa shape index (κ3) is 3.22. The van der Waals surface area contributed by atoms with Crippen molar-refractivity contribution in [3.05, 3.63) is 64.2 Å². The minimum absolute atomic E-state index is 0.120. The van der Waals surface area contributed by atoms with E-state index in [9.17, 15) is 17.6 Å². The summed E-state index contributed by atoms with van der Waals surface area (Å²) in [6.45, 7) is 1.58. The zero-order valence-corrected chi connectivity index (χ0v) is 11.1. The summed E-state index contributed by atoms with van der Waals surface area (Å²) >= 11 is 5.74. The monoisotopic (exact) mass is 303 g/mol. The first-order valence-corrected chi connectivity index (χ1v) is 6.11. The molecule has 1 N–H and O–H groups in total. The predicted molar refractivity (Wildman–Crippen MR) is 69.8 cm³/mol. The Hall–Kier alpha value is -1.75. The number of hydrogen-bond acceptors (Lipinski definition) is 1. The van der Waals surface area contributed by atoms with Crippen molar-refractivity contribution >= 4 is 17.3 Å². The van der Waals surface area contributed by atoms with E-state index in [1.54, 1.807) is 6.92 Å². The van der Waals surface area contributed by atoms with E-state index in [1.165, 1.54) is 0 Å². The lowest BCUT2D eigenvalue weighted by Crippen LogP contribution is -2.09. The molecule has 20 heavy (non-hydrogen) atoms. The summed E-state index contributed by atoms with van der Waals surface area (Å²) in [6.07, 6.45) is 0. The molecule has 2 rings (SSSR count). The van der Waals surface area contributed by atoms with Crippen LogP contribution in [0.4, 0.5) is 23.2 Å². The van der Waals surface area contributed by atoms with Gasteiger partial charge in [-0.25, -0.2) is 17.6 Å². The fraction of sp³-hybridized carbons (Fsp3) is 0.143. The number of benzene rings is 2. The molecule has 2 aromatic rings. The average Bonchev–Trinajstić information content (AvgIpc) is 2.32. The van der Waals surface area contributed by atoms with Crippen LogP contribution >= 0.6 is 11.6 Å². The fourth-order valence-corrected chi connectivity index (χ4v) is 2.05. The van der Waals surface area contributed by atoms with Gasteiger partial charge in [0.25, 0.3) is 0 Å². The highest BCUT2D eigenvalue weighted by Gasteiger charge is 2.14. The zero-order chi connectivity index (χ0) is 14.9. The second kappa shape index (κ2) is 5.71. The van der Waals surface area contributed by atoms with Crippen LogP contribution in [0.3, 0.4) is 0 Å². The van der Waals surface area contributed by atoms with Crippen LogP contribution in [0.15, 0.2) is 30.3 Å². The first-order valence-electron chi connectivity index (χ1n) is 5.74. The summed E-state index contributed by atoms with van der Waals surface area (Å²) in [4.78, 5) is 0. The molecule has 0 saturated carbocycles. The molecule has 1 atom stereocenters. The molecule has 1 nitrogen and oxygen atoms in total. The molecule has 0 bridgehead atoms.